The van der Waals surface area contributed by atoms with Crippen LogP contribution in [0.25, 0.3) is 0 Å². The van der Waals surface area contributed by atoms with Crippen LogP contribution < -0.4 is 20.7 Å². The van der Waals surface area contributed by atoms with E-state index in [4.69, 9.17) is 21.7 Å². The highest BCUT2D eigenvalue weighted by molar-refractivity contribution is 7.80. The average molecular weight is 444 g/mol. The fourth-order valence-corrected chi connectivity index (χ4v) is 2.86. The summed E-state index contributed by atoms with van der Waals surface area (Å²) in [6, 6.07) is 13.9. The van der Waals surface area contributed by atoms with Gasteiger partial charge in [-0.3, -0.25) is 14.9 Å². The Morgan fingerprint density at radius 2 is 1.65 bits per heavy atom. The van der Waals surface area contributed by atoms with Crippen molar-refractivity contribution in [3.8, 4) is 5.75 Å². The standard InChI is InChI=1S/C23H29N3O4S/c1-16(2)12-14-30-20-11-7-5-9-18(20)22(28)26-23(31)25-19-10-6-4-8-17(19)21(27)24-13-15-29-3/h4-11,16H,12-15H2,1-3H3,(H,24,27)(H2,25,26,28,31). The van der Waals surface area contributed by atoms with Crippen molar-refractivity contribution in [2.75, 3.05) is 32.2 Å². The number of carbonyl (C=O) groups is 2. The molecule has 31 heavy (non-hydrogen) atoms. The summed E-state index contributed by atoms with van der Waals surface area (Å²) in [6.45, 7) is 5.55. The largest absolute Gasteiger partial charge is 0.493 e. The van der Waals surface area contributed by atoms with Gasteiger partial charge in [-0.15, -0.1) is 0 Å². The Labute approximate surface area is 188 Å². The van der Waals surface area contributed by atoms with Gasteiger partial charge in [0, 0.05) is 13.7 Å². The summed E-state index contributed by atoms with van der Waals surface area (Å²) in [5, 5.41) is 8.43. The summed E-state index contributed by atoms with van der Waals surface area (Å²) >= 11 is 5.29. The normalized spacial score (nSPS) is 10.5. The third-order valence-corrected chi connectivity index (χ3v) is 4.53. The SMILES string of the molecule is COCCNC(=O)c1ccccc1NC(=S)NC(=O)c1ccccc1OCCC(C)C. The molecule has 0 unspecified atom stereocenters. The van der Waals surface area contributed by atoms with Crippen LogP contribution >= 0.6 is 12.2 Å². The van der Waals surface area contributed by atoms with E-state index < -0.39 is 0 Å². The third kappa shape index (κ3) is 7.99. The van der Waals surface area contributed by atoms with E-state index >= 15 is 0 Å². The molecule has 0 aliphatic carbocycles. The second-order valence-corrected chi connectivity index (χ2v) is 7.64. The van der Waals surface area contributed by atoms with Crippen molar-refractivity contribution in [1.29, 1.82) is 0 Å². The van der Waals surface area contributed by atoms with Crippen molar-refractivity contribution in [1.82, 2.24) is 10.6 Å². The maximum Gasteiger partial charge on any atom is 0.261 e. The van der Waals surface area contributed by atoms with Crippen LogP contribution in [-0.2, 0) is 4.74 Å². The van der Waals surface area contributed by atoms with Gasteiger partial charge < -0.3 is 20.1 Å². The molecule has 0 atom stereocenters. The van der Waals surface area contributed by atoms with E-state index in [-0.39, 0.29) is 16.9 Å². The van der Waals surface area contributed by atoms with Gasteiger partial charge >= 0.3 is 0 Å². The number of methoxy groups -OCH3 is 1. The highest BCUT2D eigenvalue weighted by atomic mass is 32.1. The molecule has 0 saturated carbocycles. The molecule has 3 N–H and O–H groups in total. The van der Waals surface area contributed by atoms with Gasteiger partial charge in [-0.2, -0.15) is 0 Å². The zero-order valence-corrected chi connectivity index (χ0v) is 18.9. The molecule has 0 aliphatic heterocycles. The first-order chi connectivity index (χ1) is 14.9. The predicted octanol–water partition coefficient (Wildman–Crippen LogP) is 3.61. The van der Waals surface area contributed by atoms with Gasteiger partial charge in [-0.25, -0.2) is 0 Å². The van der Waals surface area contributed by atoms with Gasteiger partial charge in [0.25, 0.3) is 11.8 Å². The van der Waals surface area contributed by atoms with Gasteiger partial charge in [-0.05, 0) is 48.8 Å². The van der Waals surface area contributed by atoms with Gasteiger partial charge in [0.1, 0.15) is 5.75 Å². The summed E-state index contributed by atoms with van der Waals surface area (Å²) < 4.78 is 10.7. The number of hydrogen-bond acceptors (Lipinski definition) is 5. The second-order valence-electron chi connectivity index (χ2n) is 7.23. The molecule has 2 amide bonds. The minimum absolute atomic E-state index is 0.0825. The highest BCUT2D eigenvalue weighted by Crippen LogP contribution is 2.19. The van der Waals surface area contributed by atoms with Crippen molar-refractivity contribution in [3.05, 3.63) is 59.7 Å². The molecule has 0 radical (unpaired) electrons. The van der Waals surface area contributed by atoms with Gasteiger partial charge in [-0.1, -0.05) is 38.1 Å². The second kappa shape index (κ2) is 12.7. The number of thiocarbonyl (C=S) groups is 1. The molecule has 0 aromatic heterocycles. The molecule has 0 spiro atoms. The molecule has 0 saturated heterocycles. The number of rotatable bonds is 10. The minimum atomic E-state index is -0.389. The van der Waals surface area contributed by atoms with Crippen molar-refractivity contribution < 1.29 is 19.1 Å². The van der Waals surface area contributed by atoms with E-state index in [0.717, 1.165) is 6.42 Å². The summed E-state index contributed by atoms with van der Waals surface area (Å²) in [5.74, 6) is 0.351. The Bertz CT molecular complexity index is 902. The van der Waals surface area contributed by atoms with E-state index in [0.29, 0.717) is 48.2 Å². The van der Waals surface area contributed by atoms with Crippen molar-refractivity contribution in [2.45, 2.75) is 20.3 Å². The quantitative estimate of drug-likeness (QED) is 0.384. The summed E-state index contributed by atoms with van der Waals surface area (Å²) in [6.07, 6.45) is 0.888. The first-order valence-electron chi connectivity index (χ1n) is 10.1. The molecule has 0 fully saturated rings. The first kappa shape index (κ1) is 24.3. The Hall–Kier alpha value is -2.97. The predicted molar refractivity (Wildman–Crippen MR) is 126 cm³/mol. The molecule has 7 nitrogen and oxygen atoms in total. The lowest BCUT2D eigenvalue weighted by molar-refractivity contribution is 0.0936. The third-order valence-electron chi connectivity index (χ3n) is 4.32. The molecule has 2 aromatic carbocycles. The van der Waals surface area contributed by atoms with E-state index in [1.165, 1.54) is 0 Å². The van der Waals surface area contributed by atoms with Crippen LogP contribution in [0.1, 0.15) is 41.0 Å². The first-order valence-corrected chi connectivity index (χ1v) is 10.5. The van der Waals surface area contributed by atoms with Gasteiger partial charge in [0.05, 0.1) is 30.0 Å². The van der Waals surface area contributed by atoms with E-state index in [1.807, 2.05) is 6.07 Å². The number of carbonyl (C=O) groups excluding carboxylic acids is 2. The fraction of sp³-hybridized carbons (Fsp3) is 0.348. The van der Waals surface area contributed by atoms with Crippen LogP contribution in [0.2, 0.25) is 0 Å². The maximum atomic E-state index is 12.7. The summed E-state index contributed by atoms with van der Waals surface area (Å²) in [5.41, 5.74) is 1.29. The van der Waals surface area contributed by atoms with Gasteiger partial charge in [0.2, 0.25) is 0 Å². The number of para-hydroxylation sites is 2. The Kier molecular flexibility index (Phi) is 9.93. The monoisotopic (exact) mass is 443 g/mol. The molecule has 0 aliphatic rings. The lowest BCUT2D eigenvalue weighted by atomic mass is 10.1. The molecular formula is C23H29N3O4S. The molecule has 0 bridgehead atoms. The Morgan fingerprint density at radius 3 is 2.35 bits per heavy atom. The zero-order valence-electron chi connectivity index (χ0n) is 18.1. The number of benzene rings is 2. The smallest absolute Gasteiger partial charge is 0.261 e. The van der Waals surface area contributed by atoms with Crippen LogP contribution in [0.3, 0.4) is 0 Å². The summed E-state index contributed by atoms with van der Waals surface area (Å²) in [4.78, 5) is 25.1. The lowest BCUT2D eigenvalue weighted by Gasteiger charge is -2.15. The van der Waals surface area contributed by atoms with Crippen molar-refractivity contribution in [3.63, 3.8) is 0 Å². The van der Waals surface area contributed by atoms with E-state index in [1.54, 1.807) is 49.6 Å². The van der Waals surface area contributed by atoms with Gasteiger partial charge in [0.15, 0.2) is 5.11 Å². The topological polar surface area (TPSA) is 88.7 Å². The zero-order chi connectivity index (χ0) is 22.6. The number of hydrogen-bond donors (Lipinski definition) is 3. The molecule has 0 heterocycles. The van der Waals surface area contributed by atoms with Crippen LogP contribution in [0.4, 0.5) is 5.69 Å². The minimum Gasteiger partial charge on any atom is -0.493 e. The van der Waals surface area contributed by atoms with Crippen LogP contribution in [0.15, 0.2) is 48.5 Å². The molecule has 2 aromatic rings. The van der Waals surface area contributed by atoms with Crippen LogP contribution in [0, 0.1) is 5.92 Å². The lowest BCUT2D eigenvalue weighted by Crippen LogP contribution is -2.35. The fourth-order valence-electron chi connectivity index (χ4n) is 2.66. The number of amides is 2. The van der Waals surface area contributed by atoms with E-state index in [9.17, 15) is 9.59 Å². The van der Waals surface area contributed by atoms with Crippen LogP contribution in [0.5, 0.6) is 5.75 Å². The Morgan fingerprint density at radius 1 is 0.968 bits per heavy atom. The molecule has 166 valence electrons. The molecule has 8 heteroatoms. The number of nitrogens with one attached hydrogen (secondary N) is 3. The number of ether oxygens (including phenoxy) is 2. The molecular weight excluding hydrogens is 414 g/mol. The maximum absolute atomic E-state index is 12.7. The van der Waals surface area contributed by atoms with Crippen LogP contribution in [-0.4, -0.2) is 43.8 Å². The van der Waals surface area contributed by atoms with Crippen molar-refractivity contribution in [2.24, 2.45) is 5.92 Å². The van der Waals surface area contributed by atoms with Crippen molar-refractivity contribution >= 4 is 34.8 Å². The van der Waals surface area contributed by atoms with E-state index in [2.05, 4.69) is 29.8 Å². The average Bonchev–Trinajstić information content (AvgIpc) is 2.74. The Balaban J connectivity index is 2.02. The molecule has 2 rings (SSSR count). The summed E-state index contributed by atoms with van der Waals surface area (Å²) in [7, 11) is 1.57. The highest BCUT2D eigenvalue weighted by Gasteiger charge is 2.16. The number of anilines is 1.